The highest BCUT2D eigenvalue weighted by atomic mass is 19.1. The minimum absolute atomic E-state index is 0.195. The third kappa shape index (κ3) is 4.37. The van der Waals surface area contributed by atoms with Gasteiger partial charge >= 0.3 is 6.09 Å². The number of amides is 1. The van der Waals surface area contributed by atoms with Gasteiger partial charge in [-0.1, -0.05) is 0 Å². The Hall–Kier alpha value is -3.21. The predicted molar refractivity (Wildman–Crippen MR) is 118 cm³/mol. The van der Waals surface area contributed by atoms with Gasteiger partial charge in [-0.3, -0.25) is 9.50 Å². The lowest BCUT2D eigenvalue weighted by Crippen LogP contribution is -2.38. The number of nitrogens with one attached hydrogen (secondary N) is 3. The van der Waals surface area contributed by atoms with Crippen molar-refractivity contribution in [2.24, 2.45) is 0 Å². The maximum Gasteiger partial charge on any atom is 0.407 e. The molecule has 3 heterocycles. The molecule has 2 saturated carbocycles. The molecule has 0 aromatic carbocycles. The fourth-order valence-corrected chi connectivity index (χ4v) is 4.26. The molecule has 3 aromatic heterocycles. The zero-order chi connectivity index (χ0) is 23.2. The van der Waals surface area contributed by atoms with Gasteiger partial charge in [0.05, 0.1) is 12.3 Å². The Bertz CT molecular complexity index is 1170. The Balaban J connectivity index is 1.27. The van der Waals surface area contributed by atoms with Gasteiger partial charge in [0.25, 0.3) is 0 Å². The largest absolute Gasteiger partial charge is 0.443 e. The number of imidazole rings is 1. The number of methoxy groups -OCH3 is 1. The van der Waals surface area contributed by atoms with Gasteiger partial charge in [-0.2, -0.15) is 5.10 Å². The number of aromatic amines is 1. The highest BCUT2D eigenvalue weighted by Crippen LogP contribution is 2.39. The molecule has 33 heavy (non-hydrogen) atoms. The molecule has 5 rings (SSSR count). The number of anilines is 2. The van der Waals surface area contributed by atoms with Crippen molar-refractivity contribution in [1.82, 2.24) is 29.9 Å². The third-order valence-electron chi connectivity index (χ3n) is 6.41. The number of rotatable bonds is 7. The Kier molecular flexibility index (Phi) is 5.43. The maximum absolute atomic E-state index is 15.1. The van der Waals surface area contributed by atoms with E-state index in [4.69, 9.17) is 9.47 Å². The number of hydrogen-bond donors (Lipinski definition) is 3. The van der Waals surface area contributed by atoms with Crippen molar-refractivity contribution in [2.75, 3.05) is 12.4 Å². The van der Waals surface area contributed by atoms with Crippen LogP contribution in [0.25, 0.3) is 5.65 Å². The Labute approximate surface area is 190 Å². The smallest absolute Gasteiger partial charge is 0.407 e. The molecule has 176 valence electrons. The number of alkyl halides is 1. The SMILES string of the molecule is COCc1cn2c(Nc3cc([C@@H]4CC[C@H](OC(=O)NC5(C)CC5)[C@@H]4F)[nH]n3)ncc(C)c2n1. The minimum Gasteiger partial charge on any atom is -0.443 e. The highest BCUT2D eigenvalue weighted by Gasteiger charge is 2.43. The summed E-state index contributed by atoms with van der Waals surface area (Å²) in [6.45, 7) is 4.29. The van der Waals surface area contributed by atoms with E-state index in [0.29, 0.717) is 36.9 Å². The standard InChI is InChI=1S/C22H28FN7O3/c1-12-9-24-20(30-10-13(11-32-3)25-19(12)30)26-17-8-15(28-29-17)14-4-5-16(18(14)23)33-21(31)27-22(2)6-7-22/h8-10,14,16,18H,4-7,11H2,1-3H3,(H,27,31)(H2,24,26,28,29)/t14-,16-,18+/m0/s1. The van der Waals surface area contributed by atoms with E-state index >= 15 is 4.39 Å². The number of aromatic nitrogens is 5. The number of carbonyl (C=O) groups is 1. The van der Waals surface area contributed by atoms with Gasteiger partial charge in [-0.15, -0.1) is 0 Å². The summed E-state index contributed by atoms with van der Waals surface area (Å²) < 4.78 is 27.5. The third-order valence-corrected chi connectivity index (χ3v) is 6.41. The maximum atomic E-state index is 15.1. The fraction of sp³-hybridized carbons (Fsp3) is 0.545. The van der Waals surface area contributed by atoms with Crippen molar-refractivity contribution < 1.29 is 18.7 Å². The summed E-state index contributed by atoms with van der Waals surface area (Å²) >= 11 is 0. The first kappa shape index (κ1) is 21.6. The van der Waals surface area contributed by atoms with Crippen LogP contribution in [0.5, 0.6) is 0 Å². The Morgan fingerprint density at radius 3 is 2.97 bits per heavy atom. The van der Waals surface area contributed by atoms with Crippen molar-refractivity contribution in [3.05, 3.63) is 35.4 Å². The van der Waals surface area contributed by atoms with E-state index in [9.17, 15) is 4.79 Å². The van der Waals surface area contributed by atoms with Crippen LogP contribution in [0.2, 0.25) is 0 Å². The average molecular weight is 458 g/mol. The molecule has 2 fully saturated rings. The van der Waals surface area contributed by atoms with Gasteiger partial charge in [0, 0.05) is 48.3 Å². The van der Waals surface area contributed by atoms with Crippen LogP contribution in [0.3, 0.4) is 0 Å². The predicted octanol–water partition coefficient (Wildman–Crippen LogP) is 3.51. The van der Waals surface area contributed by atoms with E-state index in [1.165, 1.54) is 0 Å². The van der Waals surface area contributed by atoms with Crippen LogP contribution in [0.15, 0.2) is 18.5 Å². The van der Waals surface area contributed by atoms with Crippen molar-refractivity contribution in [2.45, 2.75) is 69.9 Å². The number of alkyl carbamates (subject to hydrolysis) is 1. The Morgan fingerprint density at radius 2 is 2.21 bits per heavy atom. The number of ether oxygens (including phenoxy) is 2. The monoisotopic (exact) mass is 457 g/mol. The lowest BCUT2D eigenvalue weighted by Gasteiger charge is -2.19. The number of carbonyl (C=O) groups excluding carboxylic acids is 1. The second-order valence-electron chi connectivity index (χ2n) is 9.21. The summed E-state index contributed by atoms with van der Waals surface area (Å²) in [5.41, 5.74) is 2.95. The lowest BCUT2D eigenvalue weighted by molar-refractivity contribution is 0.0546. The van der Waals surface area contributed by atoms with E-state index in [-0.39, 0.29) is 5.54 Å². The molecular formula is C22H28FN7O3. The zero-order valence-electron chi connectivity index (χ0n) is 18.9. The van der Waals surface area contributed by atoms with Gasteiger partial charge in [-0.25, -0.2) is 19.2 Å². The zero-order valence-corrected chi connectivity index (χ0v) is 18.9. The molecule has 2 aliphatic rings. The topological polar surface area (TPSA) is 118 Å². The molecule has 0 radical (unpaired) electrons. The minimum atomic E-state index is -1.30. The van der Waals surface area contributed by atoms with Gasteiger partial charge < -0.3 is 20.1 Å². The highest BCUT2D eigenvalue weighted by molar-refractivity contribution is 5.69. The summed E-state index contributed by atoms with van der Waals surface area (Å²) in [6, 6.07) is 1.77. The van der Waals surface area contributed by atoms with Crippen molar-refractivity contribution in [3.8, 4) is 0 Å². The summed E-state index contributed by atoms with van der Waals surface area (Å²) in [4.78, 5) is 21.1. The van der Waals surface area contributed by atoms with E-state index < -0.39 is 24.3 Å². The molecule has 0 spiro atoms. The van der Waals surface area contributed by atoms with Crippen LogP contribution >= 0.6 is 0 Å². The first-order valence-corrected chi connectivity index (χ1v) is 11.1. The molecular weight excluding hydrogens is 429 g/mol. The van der Waals surface area contributed by atoms with E-state index in [1.807, 2.05) is 24.4 Å². The second-order valence-corrected chi connectivity index (χ2v) is 9.21. The van der Waals surface area contributed by atoms with Crippen LogP contribution < -0.4 is 10.6 Å². The summed E-state index contributed by atoms with van der Waals surface area (Å²) in [7, 11) is 1.62. The van der Waals surface area contributed by atoms with E-state index in [1.54, 1.807) is 19.4 Å². The summed E-state index contributed by atoms with van der Waals surface area (Å²) in [5, 5.41) is 13.2. The van der Waals surface area contributed by atoms with Crippen LogP contribution in [0, 0.1) is 6.92 Å². The van der Waals surface area contributed by atoms with Crippen molar-refractivity contribution >= 4 is 23.5 Å². The number of halogens is 1. The Morgan fingerprint density at radius 1 is 1.39 bits per heavy atom. The molecule has 0 bridgehead atoms. The second kappa shape index (κ2) is 8.29. The molecule has 2 aliphatic carbocycles. The molecule has 3 atom stereocenters. The first-order chi connectivity index (χ1) is 15.8. The van der Waals surface area contributed by atoms with Crippen molar-refractivity contribution in [1.29, 1.82) is 0 Å². The number of H-pyrrole nitrogens is 1. The quantitative estimate of drug-likeness (QED) is 0.497. The molecule has 3 N–H and O–H groups in total. The van der Waals surface area contributed by atoms with Gasteiger partial charge in [-0.05, 0) is 39.5 Å². The normalized spacial score (nSPS) is 23.6. The molecule has 0 aliphatic heterocycles. The van der Waals surface area contributed by atoms with Gasteiger partial charge in [0.2, 0.25) is 5.95 Å². The fourth-order valence-electron chi connectivity index (χ4n) is 4.26. The molecule has 10 nitrogen and oxygen atoms in total. The average Bonchev–Trinajstić information content (AvgIpc) is 3.15. The first-order valence-electron chi connectivity index (χ1n) is 11.1. The summed E-state index contributed by atoms with van der Waals surface area (Å²) in [6.07, 6.45) is 3.86. The van der Waals surface area contributed by atoms with E-state index in [0.717, 1.165) is 29.7 Å². The van der Waals surface area contributed by atoms with Gasteiger partial charge in [0.15, 0.2) is 5.82 Å². The lowest BCUT2D eigenvalue weighted by atomic mass is 10.0. The number of fused-ring (bicyclic) bond motifs is 1. The van der Waals surface area contributed by atoms with Crippen LogP contribution in [-0.4, -0.2) is 55.6 Å². The number of nitrogens with zero attached hydrogens (tertiary/aromatic N) is 4. The molecule has 0 saturated heterocycles. The van der Waals surface area contributed by atoms with Crippen LogP contribution in [0.1, 0.15) is 55.5 Å². The van der Waals surface area contributed by atoms with Gasteiger partial charge in [0.1, 0.15) is 17.9 Å². The molecule has 0 unspecified atom stereocenters. The molecule has 11 heteroatoms. The van der Waals surface area contributed by atoms with Crippen LogP contribution in [0.4, 0.5) is 21.0 Å². The molecule has 3 aromatic rings. The number of hydrogen-bond acceptors (Lipinski definition) is 7. The number of aryl methyl sites for hydroxylation is 1. The van der Waals surface area contributed by atoms with E-state index in [2.05, 4.69) is 30.8 Å². The summed E-state index contributed by atoms with van der Waals surface area (Å²) in [5.74, 6) is 0.633. The van der Waals surface area contributed by atoms with Crippen molar-refractivity contribution in [3.63, 3.8) is 0 Å². The van der Waals surface area contributed by atoms with Crippen LogP contribution in [-0.2, 0) is 16.1 Å². The molecule has 1 amide bonds.